The number of methoxy groups -OCH3 is 1. The van der Waals surface area contributed by atoms with E-state index < -0.39 is 76.8 Å². The molecular weight excluding hydrogens is 815 g/mol. The molecule has 8 atom stereocenters. The van der Waals surface area contributed by atoms with Crippen molar-refractivity contribution in [3.63, 3.8) is 0 Å². The number of anilines is 1. The molecule has 4 aromatic rings. The van der Waals surface area contributed by atoms with Gasteiger partial charge in [0.15, 0.2) is 22.3 Å². The third-order valence-electron chi connectivity index (χ3n) is 12.1. The highest BCUT2D eigenvalue weighted by molar-refractivity contribution is 6.26. The molecule has 3 heterocycles. The number of nitrogens with zero attached hydrogens (tertiary/aromatic N) is 2. The van der Waals surface area contributed by atoms with Crippen molar-refractivity contribution in [1.29, 1.82) is 0 Å². The molecule has 338 valence electrons. The molecule has 0 unspecified atom stereocenters. The van der Waals surface area contributed by atoms with Crippen LogP contribution < -0.4 is 20.2 Å². The van der Waals surface area contributed by atoms with Gasteiger partial charge in [0.05, 0.1) is 35.5 Å². The second kappa shape index (κ2) is 18.9. The topological polar surface area (TPSA) is 216 Å². The minimum atomic E-state index is -2.04. The number of benzene rings is 3. The number of aliphatic hydroxyl groups excluding tert-OH is 2. The number of phenols is 1. The van der Waals surface area contributed by atoms with E-state index in [0.29, 0.717) is 24.4 Å². The number of aromatic hydroxyl groups is 1. The molecule has 0 fully saturated rings. The molecule has 0 saturated heterocycles. The van der Waals surface area contributed by atoms with Gasteiger partial charge in [0.2, 0.25) is 0 Å². The number of amides is 1. The number of aliphatic hydroxyl groups is 2. The first-order valence-corrected chi connectivity index (χ1v) is 21.0. The lowest BCUT2D eigenvalue weighted by Gasteiger charge is -2.35. The zero-order chi connectivity index (χ0) is 46.1. The lowest BCUT2D eigenvalue weighted by molar-refractivity contribution is -0.158. The molecule has 63 heavy (non-hydrogen) atoms. The van der Waals surface area contributed by atoms with Crippen LogP contribution in [0, 0.1) is 24.7 Å². The lowest BCUT2D eigenvalue weighted by atomic mass is 9.83. The van der Waals surface area contributed by atoms with Gasteiger partial charge in [0, 0.05) is 74.3 Å². The Morgan fingerprint density at radius 1 is 1.06 bits per heavy atom. The highest BCUT2D eigenvalue weighted by atomic mass is 16.7. The number of hydrogen-bond acceptors (Lipinski definition) is 15. The van der Waals surface area contributed by atoms with E-state index in [2.05, 4.69) is 10.2 Å². The number of Topliss-reactive ketones (excluding diaryl/α,β-unsaturated/α-hetero) is 1. The molecule has 0 spiro atoms. The highest BCUT2D eigenvalue weighted by Gasteiger charge is 2.49. The summed E-state index contributed by atoms with van der Waals surface area (Å²) in [5.74, 6) is -6.02. The fourth-order valence-electron chi connectivity index (χ4n) is 7.91. The molecule has 2 aliphatic rings. The average Bonchev–Trinajstić information content (AvgIpc) is 3.51. The first-order chi connectivity index (χ1) is 29.8. The van der Waals surface area contributed by atoms with Gasteiger partial charge in [0.1, 0.15) is 40.9 Å². The summed E-state index contributed by atoms with van der Waals surface area (Å²) in [6.07, 6.45) is 3.60. The van der Waals surface area contributed by atoms with Crippen molar-refractivity contribution in [2.24, 2.45) is 17.8 Å². The van der Waals surface area contributed by atoms with Crippen LogP contribution in [-0.2, 0) is 23.8 Å². The number of phenolic OH excluding ortho intramolecular Hbond substituents is 1. The van der Waals surface area contributed by atoms with Crippen LogP contribution >= 0.6 is 0 Å². The van der Waals surface area contributed by atoms with Crippen LogP contribution in [0.4, 0.5) is 5.69 Å². The third kappa shape index (κ3) is 9.30. The minimum Gasteiger partial charge on any atom is -0.505 e. The smallest absolute Gasteiger partial charge is 0.312 e. The third-order valence-corrected chi connectivity index (χ3v) is 12.1. The fourth-order valence-corrected chi connectivity index (χ4v) is 7.91. The molecule has 0 saturated carbocycles. The summed E-state index contributed by atoms with van der Waals surface area (Å²) in [7, 11) is 3.41. The summed E-state index contributed by atoms with van der Waals surface area (Å²) in [5, 5.41) is 36.8. The quantitative estimate of drug-likeness (QED) is 0.0716. The maximum atomic E-state index is 14.7. The van der Waals surface area contributed by atoms with E-state index in [4.69, 9.17) is 33.1 Å². The number of aromatic nitrogens is 1. The normalized spacial score (nSPS) is 27.8. The Morgan fingerprint density at radius 3 is 2.48 bits per heavy atom. The predicted octanol–water partition coefficient (Wildman–Crippen LogP) is 6.08. The van der Waals surface area contributed by atoms with Gasteiger partial charge >= 0.3 is 11.8 Å². The van der Waals surface area contributed by atoms with Gasteiger partial charge in [-0.15, -0.1) is 0 Å². The molecule has 4 N–H and O–H groups in total. The van der Waals surface area contributed by atoms with E-state index >= 15 is 0 Å². The second-order valence-corrected chi connectivity index (χ2v) is 16.6. The molecule has 1 aromatic heterocycles. The summed E-state index contributed by atoms with van der Waals surface area (Å²) < 4.78 is 36.2. The van der Waals surface area contributed by atoms with Crippen molar-refractivity contribution in [1.82, 2.24) is 9.88 Å². The molecule has 6 rings (SSSR count). The monoisotopic (exact) mass is 871 g/mol. The number of carbonyl (C=O) groups excluding carboxylic acids is 3. The molecule has 1 amide bonds. The van der Waals surface area contributed by atoms with E-state index in [9.17, 15) is 34.5 Å². The van der Waals surface area contributed by atoms with Gasteiger partial charge in [-0.3, -0.25) is 19.2 Å². The van der Waals surface area contributed by atoms with Gasteiger partial charge in [-0.05, 0) is 45.6 Å². The fraction of sp³-hybridized carbons (Fsp3) is 0.468. The van der Waals surface area contributed by atoms with Gasteiger partial charge < -0.3 is 53.6 Å². The summed E-state index contributed by atoms with van der Waals surface area (Å²) in [4.78, 5) is 62.1. The largest absolute Gasteiger partial charge is 0.505 e. The number of ether oxygens (including phenoxy) is 5. The molecule has 0 radical (unpaired) electrons. The molecule has 16 nitrogen and oxygen atoms in total. The van der Waals surface area contributed by atoms with Crippen LogP contribution in [0.25, 0.3) is 33.0 Å². The standard InChI is InChI=1S/C47H57N3O13/c1-11-50(9)18-20-59-29-15-16-30-34(21-29)62-44-38(48-30)35-36-40(54)27(6)43-37(35)45(56)47(8,63-43)60-19-17-33(58-10)26(5)42(61-28(7)51)25(4)32(53)22-31(52)23(2)13-12-14-24(3)46(57)49-39(44)41(36)55/h12-17,19,21,23,25-26,31-33,42,52-53,55H,11,18,20,22H2,1-10H3,(H,49,57)/b13-12+,19-17+,24-14-/t23-,25+,26+,31+,32+,33-,42-,47-/m0/s1. The number of carbonyl (C=O) groups is 3. The van der Waals surface area contributed by atoms with Crippen LogP contribution in [0.3, 0.4) is 0 Å². The maximum absolute atomic E-state index is 14.7. The number of likely N-dealkylation sites (N-methyl/N-ethyl adjacent to an activating group) is 1. The first-order valence-electron chi connectivity index (χ1n) is 21.0. The Hall–Kier alpha value is -5.81. The van der Waals surface area contributed by atoms with Gasteiger partial charge in [0.25, 0.3) is 11.7 Å². The van der Waals surface area contributed by atoms with E-state index in [-0.39, 0.29) is 62.0 Å². The molecule has 5 bridgehead atoms. The van der Waals surface area contributed by atoms with Crippen molar-refractivity contribution in [2.45, 2.75) is 92.0 Å². The number of nitrogens with one attached hydrogen (secondary N) is 1. The Labute approximate surface area is 365 Å². The number of allylic oxidation sites excluding steroid dienone is 2. The Morgan fingerprint density at radius 2 is 1.79 bits per heavy atom. The van der Waals surface area contributed by atoms with E-state index in [1.165, 1.54) is 53.2 Å². The van der Waals surface area contributed by atoms with Crippen LogP contribution in [0.5, 0.6) is 17.2 Å². The number of hydrogen-bond donors (Lipinski definition) is 4. The van der Waals surface area contributed by atoms with Crippen LogP contribution in [-0.4, -0.2) is 107 Å². The summed E-state index contributed by atoms with van der Waals surface area (Å²) >= 11 is 0. The summed E-state index contributed by atoms with van der Waals surface area (Å²) in [6.45, 7) is 14.8. The van der Waals surface area contributed by atoms with Crippen LogP contribution in [0.1, 0.15) is 70.8 Å². The Bertz CT molecular complexity index is 2580. The zero-order valence-electron chi connectivity index (χ0n) is 37.3. The number of esters is 1. The second-order valence-electron chi connectivity index (χ2n) is 16.6. The molecule has 0 aliphatic carbocycles. The maximum Gasteiger partial charge on any atom is 0.312 e. The SMILES string of the molecule is CCN(C)CCOc1ccc2nc3c(oc2c1)c1c(O)c2c(=O)c(C)c4c(c23)C(=O)[C@@](C)(O/C=C/[C@H](OC)[C@@H](C)[C@@H](OC(C)=O)[C@H](C)[C@H](O)C[C@@H](O)[C@@H](C)/C=C/C=C(/C)C(=O)N1)O4. The summed E-state index contributed by atoms with van der Waals surface area (Å²) in [5.41, 5.74) is -0.506. The number of rotatable bonds is 7. The molecular formula is C47H57N3O13. The van der Waals surface area contributed by atoms with Gasteiger partial charge in [-0.1, -0.05) is 45.9 Å². The Balaban J connectivity index is 1.56. The summed E-state index contributed by atoms with van der Waals surface area (Å²) in [6, 6.07) is 4.99. The first kappa shape index (κ1) is 46.7. The number of fused-ring (bicyclic) bond motifs is 5. The van der Waals surface area contributed by atoms with Crippen LogP contribution in [0.15, 0.2) is 63.6 Å². The van der Waals surface area contributed by atoms with E-state index in [0.717, 1.165) is 6.54 Å². The van der Waals surface area contributed by atoms with Crippen LogP contribution in [0.2, 0.25) is 0 Å². The van der Waals surface area contributed by atoms with Crippen molar-refractivity contribution in [3.05, 3.63) is 75.7 Å². The van der Waals surface area contributed by atoms with Crippen molar-refractivity contribution >= 4 is 56.3 Å². The van der Waals surface area contributed by atoms with Gasteiger partial charge in [-0.25, -0.2) is 4.98 Å². The van der Waals surface area contributed by atoms with Gasteiger partial charge in [-0.2, -0.15) is 0 Å². The van der Waals surface area contributed by atoms with E-state index in [1.807, 2.05) is 14.0 Å². The van der Waals surface area contributed by atoms with Crippen molar-refractivity contribution in [3.8, 4) is 17.2 Å². The lowest BCUT2D eigenvalue weighted by Crippen LogP contribution is -2.43. The predicted molar refractivity (Wildman–Crippen MR) is 236 cm³/mol. The number of ketones is 1. The zero-order valence-corrected chi connectivity index (χ0v) is 37.3. The van der Waals surface area contributed by atoms with Crippen molar-refractivity contribution in [2.75, 3.05) is 39.2 Å². The molecule has 2 aliphatic heterocycles. The van der Waals surface area contributed by atoms with E-state index in [1.54, 1.807) is 51.1 Å². The minimum absolute atomic E-state index is 0.00878. The molecule has 3 aromatic carbocycles. The van der Waals surface area contributed by atoms with Crippen molar-refractivity contribution < 1.29 is 57.8 Å². The highest BCUT2D eigenvalue weighted by Crippen LogP contribution is 2.48. The Kier molecular flexibility index (Phi) is 14.0. The molecule has 16 heteroatoms. The average molecular weight is 872 g/mol.